The summed E-state index contributed by atoms with van der Waals surface area (Å²) in [5.74, 6) is -1.40. The van der Waals surface area contributed by atoms with Crippen LogP contribution >= 0.6 is 24.0 Å². The van der Waals surface area contributed by atoms with Crippen molar-refractivity contribution in [3.05, 3.63) is 34.4 Å². The molecule has 116 valence electrons. The van der Waals surface area contributed by atoms with Gasteiger partial charge in [0, 0.05) is 19.1 Å². The van der Waals surface area contributed by atoms with Gasteiger partial charge in [0.05, 0.1) is 10.6 Å². The molecule has 0 radical (unpaired) electrons. The van der Waals surface area contributed by atoms with Crippen LogP contribution in [0.4, 0.5) is 8.78 Å². The van der Waals surface area contributed by atoms with Gasteiger partial charge in [-0.15, -0.1) is 12.4 Å². The van der Waals surface area contributed by atoms with E-state index in [4.69, 9.17) is 17.3 Å². The first kappa shape index (κ1) is 16.5. The Morgan fingerprint density at radius 2 is 1.95 bits per heavy atom. The van der Waals surface area contributed by atoms with Gasteiger partial charge in [0.25, 0.3) is 5.91 Å². The van der Waals surface area contributed by atoms with Crippen molar-refractivity contribution in [2.45, 2.75) is 18.9 Å². The first-order valence-electron chi connectivity index (χ1n) is 6.66. The molecule has 21 heavy (non-hydrogen) atoms. The Labute approximate surface area is 132 Å². The van der Waals surface area contributed by atoms with E-state index in [0.29, 0.717) is 19.0 Å². The topological polar surface area (TPSA) is 46.3 Å². The van der Waals surface area contributed by atoms with Crippen LogP contribution in [0.15, 0.2) is 12.1 Å². The lowest BCUT2D eigenvalue weighted by Crippen LogP contribution is -2.34. The normalized spacial score (nSPS) is 27.4. The molecule has 1 aliphatic heterocycles. The van der Waals surface area contributed by atoms with E-state index in [1.54, 1.807) is 4.90 Å². The minimum Gasteiger partial charge on any atom is -0.338 e. The minimum atomic E-state index is -0.789. The number of halogens is 4. The summed E-state index contributed by atoms with van der Waals surface area (Å²) in [6.45, 7) is 1.09. The smallest absolute Gasteiger partial charge is 0.256 e. The zero-order valence-corrected chi connectivity index (χ0v) is 12.8. The van der Waals surface area contributed by atoms with E-state index >= 15 is 0 Å². The van der Waals surface area contributed by atoms with Gasteiger partial charge in [0.15, 0.2) is 0 Å². The molecule has 3 rings (SSSR count). The highest BCUT2D eigenvalue weighted by Gasteiger charge is 2.42. The van der Waals surface area contributed by atoms with Crippen LogP contribution in [-0.4, -0.2) is 29.9 Å². The van der Waals surface area contributed by atoms with E-state index < -0.39 is 17.5 Å². The molecule has 1 saturated carbocycles. The van der Waals surface area contributed by atoms with Gasteiger partial charge in [-0.1, -0.05) is 11.6 Å². The lowest BCUT2D eigenvalue weighted by molar-refractivity contribution is 0.0774. The zero-order valence-electron chi connectivity index (χ0n) is 11.2. The fourth-order valence-corrected chi connectivity index (χ4v) is 3.48. The predicted molar refractivity (Wildman–Crippen MR) is 78.7 cm³/mol. The van der Waals surface area contributed by atoms with Crippen LogP contribution in [0.3, 0.4) is 0 Å². The number of amides is 1. The van der Waals surface area contributed by atoms with Crippen molar-refractivity contribution in [3.8, 4) is 0 Å². The highest BCUT2D eigenvalue weighted by Crippen LogP contribution is 2.37. The Morgan fingerprint density at radius 1 is 1.24 bits per heavy atom. The molecule has 1 heterocycles. The number of carbonyl (C=O) groups is 1. The summed E-state index contributed by atoms with van der Waals surface area (Å²) in [5, 5.41) is -0.320. The Kier molecular flexibility index (Phi) is 4.76. The summed E-state index contributed by atoms with van der Waals surface area (Å²) in [6.07, 6.45) is 1.97. The monoisotopic (exact) mass is 336 g/mol. The number of fused-ring (bicyclic) bond motifs is 1. The number of benzene rings is 1. The van der Waals surface area contributed by atoms with Gasteiger partial charge in [-0.05, 0) is 36.8 Å². The number of hydrogen-bond donors (Lipinski definition) is 1. The Hall–Kier alpha value is -0.910. The van der Waals surface area contributed by atoms with Crippen molar-refractivity contribution in [1.29, 1.82) is 0 Å². The minimum absolute atomic E-state index is 0. The van der Waals surface area contributed by atoms with Crippen molar-refractivity contribution in [2.75, 3.05) is 13.1 Å². The van der Waals surface area contributed by atoms with Crippen LogP contribution in [0.1, 0.15) is 23.2 Å². The second kappa shape index (κ2) is 6.07. The zero-order chi connectivity index (χ0) is 14.4. The SMILES string of the molecule is Cl.NC1CCC2CN(C(=O)c3cc(F)c(Cl)cc3F)CC12. The molecule has 1 saturated heterocycles. The largest absolute Gasteiger partial charge is 0.338 e. The van der Waals surface area contributed by atoms with Crippen molar-refractivity contribution < 1.29 is 13.6 Å². The molecule has 0 aromatic heterocycles. The number of likely N-dealkylation sites (tertiary alicyclic amines) is 1. The van der Waals surface area contributed by atoms with E-state index in [2.05, 4.69) is 0 Å². The van der Waals surface area contributed by atoms with Crippen LogP contribution < -0.4 is 5.73 Å². The van der Waals surface area contributed by atoms with Crippen molar-refractivity contribution in [3.63, 3.8) is 0 Å². The van der Waals surface area contributed by atoms with E-state index in [9.17, 15) is 13.6 Å². The first-order valence-corrected chi connectivity index (χ1v) is 7.04. The third-order valence-electron chi connectivity index (χ3n) is 4.44. The number of carbonyl (C=O) groups excluding carboxylic acids is 1. The van der Waals surface area contributed by atoms with Crippen LogP contribution in [-0.2, 0) is 0 Å². The second-order valence-electron chi connectivity index (χ2n) is 5.62. The lowest BCUT2D eigenvalue weighted by Gasteiger charge is -2.19. The maximum atomic E-state index is 13.8. The Balaban J connectivity index is 0.00000161. The Morgan fingerprint density at radius 3 is 2.62 bits per heavy atom. The number of nitrogens with two attached hydrogens (primary N) is 1. The molecular weight excluding hydrogens is 321 g/mol. The number of nitrogens with zero attached hydrogens (tertiary/aromatic N) is 1. The molecule has 3 nitrogen and oxygen atoms in total. The highest BCUT2D eigenvalue weighted by atomic mass is 35.5. The summed E-state index contributed by atoms with van der Waals surface area (Å²) < 4.78 is 27.2. The molecule has 2 fully saturated rings. The standard InChI is InChI=1S/C14H15ClF2N2O.ClH/c15-10-4-11(16)8(3-12(10)17)14(20)19-5-7-1-2-13(18)9(7)6-19;/h3-4,7,9,13H,1-2,5-6,18H2;1H. The second-order valence-corrected chi connectivity index (χ2v) is 6.03. The molecule has 2 N–H and O–H groups in total. The quantitative estimate of drug-likeness (QED) is 0.801. The summed E-state index contributed by atoms with van der Waals surface area (Å²) >= 11 is 5.49. The van der Waals surface area contributed by atoms with Crippen LogP contribution in [0.25, 0.3) is 0 Å². The van der Waals surface area contributed by atoms with E-state index in [0.717, 1.165) is 25.0 Å². The van der Waals surface area contributed by atoms with Crippen molar-refractivity contribution >= 4 is 29.9 Å². The van der Waals surface area contributed by atoms with Gasteiger partial charge in [0.1, 0.15) is 11.6 Å². The molecule has 1 aromatic carbocycles. The van der Waals surface area contributed by atoms with Gasteiger partial charge < -0.3 is 10.6 Å². The summed E-state index contributed by atoms with van der Waals surface area (Å²) in [6, 6.07) is 1.81. The van der Waals surface area contributed by atoms with Gasteiger partial charge in [-0.2, -0.15) is 0 Å². The fourth-order valence-electron chi connectivity index (χ4n) is 3.33. The molecule has 0 bridgehead atoms. The van der Waals surface area contributed by atoms with Crippen molar-refractivity contribution in [1.82, 2.24) is 4.90 Å². The van der Waals surface area contributed by atoms with Gasteiger partial charge in [-0.25, -0.2) is 8.78 Å². The molecule has 1 amide bonds. The first-order chi connectivity index (χ1) is 9.47. The molecular formula is C14H16Cl2F2N2O. The van der Waals surface area contributed by atoms with Crippen molar-refractivity contribution in [2.24, 2.45) is 17.6 Å². The third-order valence-corrected chi connectivity index (χ3v) is 4.73. The van der Waals surface area contributed by atoms with Gasteiger partial charge in [0.2, 0.25) is 0 Å². The van der Waals surface area contributed by atoms with Crippen LogP contribution in [0.5, 0.6) is 0 Å². The summed E-state index contributed by atoms with van der Waals surface area (Å²) in [7, 11) is 0. The summed E-state index contributed by atoms with van der Waals surface area (Å²) in [4.78, 5) is 13.9. The lowest BCUT2D eigenvalue weighted by atomic mass is 9.98. The number of rotatable bonds is 1. The molecule has 1 aromatic rings. The van der Waals surface area contributed by atoms with E-state index in [-0.39, 0.29) is 35.0 Å². The fraction of sp³-hybridized carbons (Fsp3) is 0.500. The van der Waals surface area contributed by atoms with Gasteiger partial charge in [-0.3, -0.25) is 4.79 Å². The molecule has 1 aliphatic carbocycles. The summed E-state index contributed by atoms with van der Waals surface area (Å²) in [5.41, 5.74) is 5.74. The molecule has 7 heteroatoms. The molecule has 3 atom stereocenters. The third kappa shape index (κ3) is 2.87. The average Bonchev–Trinajstić information content (AvgIpc) is 2.96. The molecule has 2 aliphatic rings. The van der Waals surface area contributed by atoms with E-state index in [1.807, 2.05) is 0 Å². The maximum Gasteiger partial charge on any atom is 0.256 e. The van der Waals surface area contributed by atoms with Crippen LogP contribution in [0, 0.1) is 23.5 Å². The van der Waals surface area contributed by atoms with E-state index in [1.165, 1.54) is 0 Å². The number of hydrogen-bond acceptors (Lipinski definition) is 2. The average molecular weight is 337 g/mol. The molecule has 0 spiro atoms. The Bertz CT molecular complexity index is 570. The van der Waals surface area contributed by atoms with Crippen LogP contribution in [0.2, 0.25) is 5.02 Å². The maximum absolute atomic E-state index is 13.8. The predicted octanol–water partition coefficient (Wildman–Crippen LogP) is 2.85. The molecule has 3 unspecified atom stereocenters. The van der Waals surface area contributed by atoms with Gasteiger partial charge >= 0.3 is 0 Å². The highest BCUT2D eigenvalue weighted by molar-refractivity contribution is 6.30.